The summed E-state index contributed by atoms with van der Waals surface area (Å²) in [6.07, 6.45) is 8.09. The monoisotopic (exact) mass is 281 g/mol. The van der Waals surface area contributed by atoms with Gasteiger partial charge in [-0.2, -0.15) is 0 Å². The Hall–Kier alpha value is -0.610. The Balaban J connectivity index is 1.60. The minimum atomic E-state index is 0.344. The van der Waals surface area contributed by atoms with Crippen LogP contribution < -0.4 is 5.32 Å². The first-order valence-corrected chi connectivity index (χ1v) is 8.53. The molecule has 0 aromatic rings. The second kappa shape index (κ2) is 8.63. The van der Waals surface area contributed by atoms with Gasteiger partial charge in [0.1, 0.15) is 0 Å². The van der Waals surface area contributed by atoms with E-state index in [-0.39, 0.29) is 0 Å². The molecule has 0 aliphatic carbocycles. The molecule has 2 aliphatic heterocycles. The molecule has 2 aliphatic rings. The maximum atomic E-state index is 12.0. The third-order valence-electron chi connectivity index (χ3n) is 4.59. The zero-order valence-electron chi connectivity index (χ0n) is 13.1. The predicted molar refractivity (Wildman–Crippen MR) is 82.8 cm³/mol. The van der Waals surface area contributed by atoms with Gasteiger partial charge >= 0.3 is 0 Å². The third kappa shape index (κ3) is 5.06. The van der Waals surface area contributed by atoms with Crippen LogP contribution in [0.25, 0.3) is 0 Å². The lowest BCUT2D eigenvalue weighted by molar-refractivity contribution is -0.130. The number of likely N-dealkylation sites (tertiary alicyclic amines) is 2. The van der Waals surface area contributed by atoms with Gasteiger partial charge in [-0.3, -0.25) is 4.79 Å². The number of hydrogen-bond acceptors (Lipinski definition) is 3. The summed E-state index contributed by atoms with van der Waals surface area (Å²) in [5, 5.41) is 3.60. The first-order valence-electron chi connectivity index (χ1n) is 8.53. The summed E-state index contributed by atoms with van der Waals surface area (Å²) in [4.78, 5) is 16.6. The van der Waals surface area contributed by atoms with E-state index in [0.29, 0.717) is 18.4 Å². The Bertz CT molecular complexity index is 289. The minimum absolute atomic E-state index is 0.344. The second-order valence-corrected chi connectivity index (χ2v) is 6.26. The Morgan fingerprint density at radius 1 is 1.10 bits per heavy atom. The summed E-state index contributed by atoms with van der Waals surface area (Å²) < 4.78 is 0. The smallest absolute Gasteiger partial charge is 0.223 e. The van der Waals surface area contributed by atoms with Crippen LogP contribution >= 0.6 is 0 Å². The molecule has 4 nitrogen and oxygen atoms in total. The standard InChI is InChI=1S/C16H31N3O/c1-2-10-18-11-5-6-15(8-14-18)17-9-7-16(20)19-12-3-4-13-19/h15,17H,2-14H2,1H3. The molecule has 0 saturated carbocycles. The molecule has 4 heteroatoms. The third-order valence-corrected chi connectivity index (χ3v) is 4.59. The number of carbonyl (C=O) groups excluding carboxylic acids is 1. The van der Waals surface area contributed by atoms with Crippen LogP contribution in [0.1, 0.15) is 51.9 Å². The van der Waals surface area contributed by atoms with Crippen LogP contribution in [0, 0.1) is 0 Å². The van der Waals surface area contributed by atoms with Gasteiger partial charge in [-0.25, -0.2) is 0 Å². The van der Waals surface area contributed by atoms with Crippen LogP contribution in [-0.4, -0.2) is 61.0 Å². The van der Waals surface area contributed by atoms with Crippen molar-refractivity contribution in [3.8, 4) is 0 Å². The molecule has 1 atom stereocenters. The number of nitrogens with zero attached hydrogens (tertiary/aromatic N) is 2. The molecule has 1 unspecified atom stereocenters. The Morgan fingerprint density at radius 3 is 2.65 bits per heavy atom. The van der Waals surface area contributed by atoms with Gasteiger partial charge in [0.25, 0.3) is 0 Å². The van der Waals surface area contributed by atoms with Crippen molar-refractivity contribution in [3.05, 3.63) is 0 Å². The van der Waals surface area contributed by atoms with E-state index < -0.39 is 0 Å². The largest absolute Gasteiger partial charge is 0.343 e. The Kier molecular flexibility index (Phi) is 6.80. The van der Waals surface area contributed by atoms with Gasteiger partial charge in [-0.1, -0.05) is 6.92 Å². The molecule has 20 heavy (non-hydrogen) atoms. The zero-order valence-corrected chi connectivity index (χ0v) is 13.1. The second-order valence-electron chi connectivity index (χ2n) is 6.26. The minimum Gasteiger partial charge on any atom is -0.343 e. The van der Waals surface area contributed by atoms with E-state index in [0.717, 1.165) is 19.6 Å². The molecule has 0 aromatic carbocycles. The summed E-state index contributed by atoms with van der Waals surface area (Å²) >= 11 is 0. The highest BCUT2D eigenvalue weighted by Gasteiger charge is 2.19. The maximum absolute atomic E-state index is 12.0. The number of nitrogens with one attached hydrogen (secondary N) is 1. The van der Waals surface area contributed by atoms with Gasteiger partial charge in [-0.05, 0) is 58.2 Å². The summed E-state index contributed by atoms with van der Waals surface area (Å²) in [7, 11) is 0. The fraction of sp³-hybridized carbons (Fsp3) is 0.938. The molecule has 116 valence electrons. The predicted octanol–water partition coefficient (Wildman–Crippen LogP) is 1.85. The molecule has 2 heterocycles. The first-order chi connectivity index (χ1) is 9.79. The normalized spacial score (nSPS) is 24.9. The van der Waals surface area contributed by atoms with Crippen molar-refractivity contribution in [2.45, 2.75) is 57.9 Å². The molecule has 2 rings (SSSR count). The Labute approximate surface area is 123 Å². The highest BCUT2D eigenvalue weighted by Crippen LogP contribution is 2.12. The van der Waals surface area contributed by atoms with Gasteiger partial charge in [0.05, 0.1) is 0 Å². The van der Waals surface area contributed by atoms with E-state index in [2.05, 4.69) is 17.1 Å². The molecule has 0 spiro atoms. The molecule has 2 saturated heterocycles. The summed E-state index contributed by atoms with van der Waals surface area (Å²) in [5.41, 5.74) is 0. The van der Waals surface area contributed by atoms with Gasteiger partial charge in [-0.15, -0.1) is 0 Å². The molecule has 1 amide bonds. The van der Waals surface area contributed by atoms with E-state index in [1.54, 1.807) is 0 Å². The lowest BCUT2D eigenvalue weighted by atomic mass is 10.1. The van der Waals surface area contributed by atoms with Crippen molar-refractivity contribution >= 4 is 5.91 Å². The SMILES string of the molecule is CCCN1CCCC(NCCC(=O)N2CCCC2)CC1. The average Bonchev–Trinajstić information content (AvgIpc) is 2.89. The zero-order chi connectivity index (χ0) is 14.2. The lowest BCUT2D eigenvalue weighted by Crippen LogP contribution is -2.35. The molecular weight excluding hydrogens is 250 g/mol. The van der Waals surface area contributed by atoms with E-state index in [9.17, 15) is 4.79 Å². The number of hydrogen-bond donors (Lipinski definition) is 1. The van der Waals surface area contributed by atoms with Crippen LogP contribution in [-0.2, 0) is 4.79 Å². The van der Waals surface area contributed by atoms with Gasteiger partial charge in [0.15, 0.2) is 0 Å². The molecular formula is C16H31N3O. The number of amides is 1. The summed E-state index contributed by atoms with van der Waals surface area (Å²) in [6.45, 7) is 8.77. The highest BCUT2D eigenvalue weighted by molar-refractivity contribution is 5.76. The topological polar surface area (TPSA) is 35.6 Å². The van der Waals surface area contributed by atoms with Crippen LogP contribution in [0.2, 0.25) is 0 Å². The van der Waals surface area contributed by atoms with Crippen molar-refractivity contribution in [3.63, 3.8) is 0 Å². The maximum Gasteiger partial charge on any atom is 0.223 e. The van der Waals surface area contributed by atoms with E-state index in [4.69, 9.17) is 0 Å². The first kappa shape index (κ1) is 15.8. The fourth-order valence-electron chi connectivity index (χ4n) is 3.41. The quantitative estimate of drug-likeness (QED) is 0.807. The van der Waals surface area contributed by atoms with Crippen molar-refractivity contribution in [2.75, 3.05) is 39.3 Å². The van der Waals surface area contributed by atoms with Gasteiger partial charge in [0, 0.05) is 32.1 Å². The molecule has 2 fully saturated rings. The van der Waals surface area contributed by atoms with Gasteiger partial charge in [0.2, 0.25) is 5.91 Å². The molecule has 0 radical (unpaired) electrons. The van der Waals surface area contributed by atoms with Crippen molar-refractivity contribution in [1.82, 2.24) is 15.1 Å². The Morgan fingerprint density at radius 2 is 1.90 bits per heavy atom. The van der Waals surface area contributed by atoms with E-state index in [1.807, 2.05) is 4.90 Å². The lowest BCUT2D eigenvalue weighted by Gasteiger charge is -2.20. The fourth-order valence-corrected chi connectivity index (χ4v) is 3.41. The van der Waals surface area contributed by atoms with Crippen molar-refractivity contribution in [1.29, 1.82) is 0 Å². The number of carbonyl (C=O) groups is 1. The summed E-state index contributed by atoms with van der Waals surface area (Å²) in [5.74, 6) is 0.344. The number of rotatable bonds is 6. The van der Waals surface area contributed by atoms with Crippen LogP contribution in [0.5, 0.6) is 0 Å². The van der Waals surface area contributed by atoms with Gasteiger partial charge < -0.3 is 15.1 Å². The van der Waals surface area contributed by atoms with Crippen molar-refractivity contribution < 1.29 is 4.79 Å². The summed E-state index contributed by atoms with van der Waals surface area (Å²) in [6, 6.07) is 0.614. The highest BCUT2D eigenvalue weighted by atomic mass is 16.2. The van der Waals surface area contributed by atoms with E-state index >= 15 is 0 Å². The van der Waals surface area contributed by atoms with Crippen LogP contribution in [0.4, 0.5) is 0 Å². The molecule has 0 bridgehead atoms. The molecule has 1 N–H and O–H groups in total. The van der Waals surface area contributed by atoms with E-state index in [1.165, 1.54) is 58.2 Å². The molecule has 0 aromatic heterocycles. The van der Waals surface area contributed by atoms with Crippen LogP contribution in [0.3, 0.4) is 0 Å². The average molecular weight is 281 g/mol. The van der Waals surface area contributed by atoms with Crippen LogP contribution in [0.15, 0.2) is 0 Å². The van der Waals surface area contributed by atoms with Crippen molar-refractivity contribution in [2.24, 2.45) is 0 Å².